The molecular weight excluding hydrogens is 1010 g/mol. The van der Waals surface area contributed by atoms with Gasteiger partial charge in [-0.1, -0.05) is 88.7 Å². The molecule has 1 aliphatic heterocycles. The fourth-order valence-electron chi connectivity index (χ4n) is 13.6. The third kappa shape index (κ3) is 13.8. The molecule has 0 N–H and O–H groups in total. The summed E-state index contributed by atoms with van der Waals surface area (Å²) in [5, 5.41) is 8.53. The van der Waals surface area contributed by atoms with Crippen molar-refractivity contribution in [2.75, 3.05) is 0 Å². The van der Waals surface area contributed by atoms with Crippen molar-refractivity contribution >= 4 is 99.9 Å². The molecule has 5 aromatic rings. The first-order valence-corrected chi connectivity index (χ1v) is 42.7. The molecule has 3 heterocycles. The van der Waals surface area contributed by atoms with Crippen LogP contribution >= 0.6 is 24.2 Å². The van der Waals surface area contributed by atoms with E-state index in [0.29, 0.717) is 10.8 Å². The summed E-state index contributed by atoms with van der Waals surface area (Å²) in [5.74, 6) is 6.14. The van der Waals surface area contributed by atoms with E-state index in [1.807, 2.05) is 42.7 Å². The Labute approximate surface area is 502 Å². The Kier molecular flexibility index (Phi) is 21.3. The van der Waals surface area contributed by atoms with Crippen molar-refractivity contribution in [2.45, 2.75) is 127 Å². The zero-order valence-electron chi connectivity index (χ0n) is 41.2. The van der Waals surface area contributed by atoms with Gasteiger partial charge < -0.3 is 19.5 Å². The summed E-state index contributed by atoms with van der Waals surface area (Å²) in [7, 11) is -3.50. The van der Waals surface area contributed by atoms with Crippen molar-refractivity contribution in [1.82, 2.24) is 9.97 Å². The van der Waals surface area contributed by atoms with Gasteiger partial charge in [0.2, 0.25) is 0 Å². The van der Waals surface area contributed by atoms with Crippen LogP contribution < -0.4 is 67.0 Å². The number of aromatic nitrogens is 2. The third-order valence-electron chi connectivity index (χ3n) is 16.4. The Balaban J connectivity index is 0.000000141. The van der Waals surface area contributed by atoms with Gasteiger partial charge in [-0.3, -0.25) is 9.97 Å². The molecular formula is C54H62BBrK3N2O6P. The van der Waals surface area contributed by atoms with Crippen LogP contribution in [0.1, 0.15) is 116 Å². The maximum atomic E-state index is 8.87. The molecule has 1 atom stereocenters. The van der Waals surface area contributed by atoms with Crippen molar-refractivity contribution in [2.24, 2.45) is 35.5 Å². The predicted octanol–water partition coefficient (Wildman–Crippen LogP) is 7.72. The summed E-state index contributed by atoms with van der Waals surface area (Å²) in [5.41, 5.74) is 9.00. The molecule has 68 heavy (non-hydrogen) atoms. The number of nitrogens with zero attached hydrogens (tertiary/aromatic N) is 2. The average molecular weight is 1070 g/mol. The monoisotopic (exact) mass is 1070 g/mol. The first kappa shape index (κ1) is 57.0. The zero-order chi connectivity index (χ0) is 47.4. The minimum atomic E-state index is -3.15. The molecule has 9 aliphatic rings. The summed E-state index contributed by atoms with van der Waals surface area (Å²) < 4.78 is 24.7. The van der Waals surface area contributed by atoms with Gasteiger partial charge >= 0.3 is 130 Å². The van der Waals surface area contributed by atoms with Crippen molar-refractivity contribution in [3.05, 3.63) is 137 Å². The largest absolute Gasteiger partial charge is 0.256 e. The average Bonchev–Trinajstić information content (AvgIpc) is 3.55. The zero-order valence-corrected chi connectivity index (χ0v) is 53.1. The fraction of sp³-hybridized carbons (Fsp3) is 0.481. The van der Waals surface area contributed by atoms with Gasteiger partial charge in [-0.05, 0) is 209 Å². The molecule has 0 spiro atoms. The van der Waals surface area contributed by atoms with Crippen molar-refractivity contribution < 1.29 is 80.1 Å². The standard InChI is InChI=1S/C21H23N.C17H20BNO2.C16H19Br.3K.HO4P/c1-2-4-18(5-3-1)20-11-19(6-7-22-20)21-12-15-8-16(13-21)10-17(9-15)14-21;1-16(2)17(3,4)21-18(20-16)14-10-11-19-15(12-14)13-8-6-5-7-9-13;17-15-3-1-14(2-4-15)16-8-11-5-12(9-16)7-13(6-11)10-16;;;;1-4-5(2)3/h1-7,11,15-17H,8-10,12-14H2;5-12H,1-4H3;1-4,11-13H,5-10H2;;;;1H/q;;;;;+1;/p-1. The first-order chi connectivity index (χ1) is 32.2. The molecule has 3 aromatic carbocycles. The van der Waals surface area contributed by atoms with Crippen LogP contribution in [0, 0.1) is 35.5 Å². The molecule has 8 aliphatic carbocycles. The van der Waals surface area contributed by atoms with Crippen LogP contribution in [0.4, 0.5) is 0 Å². The van der Waals surface area contributed by atoms with E-state index in [0.717, 1.165) is 57.9 Å². The Hall–Kier alpha value is 1.31. The van der Waals surface area contributed by atoms with E-state index in [4.69, 9.17) is 24.0 Å². The van der Waals surface area contributed by atoms with Crippen LogP contribution in [-0.2, 0) is 29.4 Å². The number of hydrogen-bond acceptors (Lipinski definition) is 8. The Bertz CT molecular complexity index is 2350. The summed E-state index contributed by atoms with van der Waals surface area (Å²) in [6.45, 7) is 8.25. The van der Waals surface area contributed by atoms with Crippen molar-refractivity contribution in [3.63, 3.8) is 0 Å². The van der Waals surface area contributed by atoms with E-state index in [1.165, 1.54) is 150 Å². The van der Waals surface area contributed by atoms with Crippen LogP contribution in [0.2, 0.25) is 0 Å². The molecule has 8 saturated carbocycles. The van der Waals surface area contributed by atoms with Gasteiger partial charge in [-0.15, -0.1) is 0 Å². The van der Waals surface area contributed by atoms with Gasteiger partial charge in [0.1, 0.15) is 0 Å². The molecule has 9 fully saturated rings. The van der Waals surface area contributed by atoms with Crippen molar-refractivity contribution in [3.8, 4) is 22.5 Å². The van der Waals surface area contributed by atoms with Crippen LogP contribution in [0.5, 0.6) is 0 Å². The topological polar surface area (TPSA) is 117 Å². The van der Waals surface area contributed by atoms with E-state index in [9.17, 15) is 0 Å². The maximum absolute atomic E-state index is 8.87. The van der Waals surface area contributed by atoms with Crippen LogP contribution in [-0.4, -0.2) is 91.4 Å². The molecule has 1 saturated heterocycles. The molecule has 0 amide bonds. The summed E-state index contributed by atoms with van der Waals surface area (Å²) >= 11 is 6.06. The number of benzene rings is 3. The first-order valence-electron chi connectivity index (χ1n) is 24.8. The molecule has 14 heteroatoms. The molecule has 2 aromatic heterocycles. The van der Waals surface area contributed by atoms with E-state index in [1.54, 1.807) is 11.1 Å². The van der Waals surface area contributed by atoms with Gasteiger partial charge in [0.25, 0.3) is 0 Å². The number of pyridine rings is 2. The SMILES string of the molecule is Brc1ccc(C23CC4CC(CC(C4)C2)C3)cc1.CC1(C)OB(c2ccnc(-c3ccccc3)c2)OC1(C)C.O=[P+]([O-])O[O-].[K+].[K][K].c1ccc(-c2cc(C34CC5CC(CC(C5)C3)C4)ccn2)cc1. The summed E-state index contributed by atoms with van der Waals surface area (Å²) in [4.78, 5) is 18.0. The summed E-state index contributed by atoms with van der Waals surface area (Å²) in [6.07, 6.45) is 21.7. The van der Waals surface area contributed by atoms with Gasteiger partial charge in [-0.25, -0.2) is 4.67 Å². The van der Waals surface area contributed by atoms with Gasteiger partial charge in [0.15, 0.2) is 0 Å². The molecule has 8 bridgehead atoms. The fourth-order valence-corrected chi connectivity index (χ4v) is 13.9. The summed E-state index contributed by atoms with van der Waals surface area (Å²) in [6, 6.07) is 38.7. The van der Waals surface area contributed by atoms with Crippen LogP contribution in [0.15, 0.2) is 126 Å². The van der Waals surface area contributed by atoms with E-state index in [-0.39, 0.29) is 69.7 Å². The molecule has 1 unspecified atom stereocenters. The van der Waals surface area contributed by atoms with Crippen LogP contribution in [0.3, 0.4) is 0 Å². The second-order valence-corrected chi connectivity index (χ2v) is 22.9. The number of rotatable bonds is 6. The quantitative estimate of drug-likeness (QED) is 0.0736. The second-order valence-electron chi connectivity index (χ2n) is 21.4. The third-order valence-corrected chi connectivity index (χ3v) is 17.1. The Morgan fingerprint density at radius 2 is 0.971 bits per heavy atom. The number of halogens is 1. The van der Waals surface area contributed by atoms with Gasteiger partial charge in [0, 0.05) is 28.0 Å². The molecule has 14 rings (SSSR count). The second kappa shape index (κ2) is 25.4. The molecule has 342 valence electrons. The normalized spacial score (nSPS) is 29.3. The van der Waals surface area contributed by atoms with E-state index >= 15 is 0 Å². The minimum Gasteiger partial charge on any atom is -0.256 e. The Morgan fingerprint density at radius 3 is 1.37 bits per heavy atom. The van der Waals surface area contributed by atoms with Crippen LogP contribution in [0.25, 0.3) is 22.5 Å². The minimum absolute atomic E-state index is 0. The van der Waals surface area contributed by atoms with E-state index in [2.05, 4.69) is 137 Å². The van der Waals surface area contributed by atoms with E-state index < -0.39 is 8.25 Å². The van der Waals surface area contributed by atoms with Crippen molar-refractivity contribution in [1.29, 1.82) is 0 Å². The number of hydrogen-bond donors (Lipinski definition) is 0. The molecule has 8 nitrogen and oxygen atoms in total. The predicted molar refractivity (Wildman–Crippen MR) is 269 cm³/mol. The van der Waals surface area contributed by atoms with Gasteiger partial charge in [-0.2, -0.15) is 0 Å². The molecule has 0 radical (unpaired) electrons. The smallest absolute Gasteiger partial charge is 0.0704 e. The van der Waals surface area contributed by atoms with Gasteiger partial charge in [0.05, 0.1) is 22.6 Å². The maximum Gasteiger partial charge on any atom is 0.0704 e. The Morgan fingerprint density at radius 1 is 0.603 bits per heavy atom.